The second-order valence-corrected chi connectivity index (χ2v) is 6.32. The summed E-state index contributed by atoms with van der Waals surface area (Å²) in [7, 11) is 2.89. The van der Waals surface area contributed by atoms with Gasteiger partial charge in [0.1, 0.15) is 11.3 Å². The first-order valence-electron chi connectivity index (χ1n) is 8.98. The van der Waals surface area contributed by atoms with Crippen LogP contribution in [0.25, 0.3) is 6.08 Å². The molecule has 0 saturated carbocycles. The van der Waals surface area contributed by atoms with Crippen LogP contribution in [-0.4, -0.2) is 44.6 Å². The van der Waals surface area contributed by atoms with Crippen LogP contribution in [0.1, 0.15) is 5.56 Å². The van der Waals surface area contributed by atoms with Gasteiger partial charge in [-0.3, -0.25) is 19.7 Å². The van der Waals surface area contributed by atoms with Crippen LogP contribution >= 0.6 is 0 Å². The van der Waals surface area contributed by atoms with Gasteiger partial charge in [0.2, 0.25) is 0 Å². The van der Waals surface area contributed by atoms with Crippen LogP contribution in [-0.2, 0) is 14.4 Å². The van der Waals surface area contributed by atoms with Crippen LogP contribution in [0, 0.1) is 0 Å². The van der Waals surface area contributed by atoms with Gasteiger partial charge in [0.15, 0.2) is 18.1 Å². The van der Waals surface area contributed by atoms with Crippen LogP contribution in [0.15, 0.2) is 48.0 Å². The Bertz CT molecular complexity index is 1080. The molecule has 1 saturated heterocycles. The molecule has 3 rings (SSSR count). The van der Waals surface area contributed by atoms with Crippen molar-refractivity contribution in [3.8, 4) is 17.2 Å². The number of methoxy groups -OCH3 is 2. The van der Waals surface area contributed by atoms with Gasteiger partial charge < -0.3 is 19.9 Å². The molecular weight excluding hydrogens is 406 g/mol. The lowest BCUT2D eigenvalue weighted by Crippen LogP contribution is -2.54. The van der Waals surface area contributed by atoms with Crippen molar-refractivity contribution in [1.82, 2.24) is 5.32 Å². The van der Waals surface area contributed by atoms with E-state index in [1.165, 1.54) is 44.6 Å². The minimum Gasteiger partial charge on any atom is -0.497 e. The van der Waals surface area contributed by atoms with E-state index in [-0.39, 0.29) is 29.4 Å². The molecular formula is C21H19N3O7. The monoisotopic (exact) mass is 425 g/mol. The zero-order valence-electron chi connectivity index (χ0n) is 16.7. The van der Waals surface area contributed by atoms with Crippen molar-refractivity contribution < 1.29 is 33.4 Å². The van der Waals surface area contributed by atoms with E-state index in [2.05, 4.69) is 5.32 Å². The van der Waals surface area contributed by atoms with Crippen molar-refractivity contribution in [1.29, 1.82) is 0 Å². The summed E-state index contributed by atoms with van der Waals surface area (Å²) in [5.41, 5.74) is 5.53. The third kappa shape index (κ3) is 4.64. The molecule has 3 N–H and O–H groups in total. The predicted octanol–water partition coefficient (Wildman–Crippen LogP) is 1.23. The van der Waals surface area contributed by atoms with Gasteiger partial charge in [-0.05, 0) is 48.0 Å². The van der Waals surface area contributed by atoms with E-state index in [0.717, 1.165) is 4.90 Å². The number of nitrogens with zero attached hydrogens (tertiary/aromatic N) is 1. The lowest BCUT2D eigenvalue weighted by Gasteiger charge is -2.26. The van der Waals surface area contributed by atoms with E-state index < -0.39 is 23.8 Å². The Balaban J connectivity index is 1.92. The maximum absolute atomic E-state index is 12.9. The number of imide groups is 2. The summed E-state index contributed by atoms with van der Waals surface area (Å²) in [6.07, 6.45) is 1.32. The van der Waals surface area contributed by atoms with Crippen molar-refractivity contribution in [3.05, 3.63) is 53.6 Å². The number of amides is 5. The molecule has 0 aromatic heterocycles. The average Bonchev–Trinajstić information content (AvgIpc) is 2.75. The first kappa shape index (κ1) is 21.4. The molecule has 2 aromatic carbocycles. The molecule has 0 unspecified atom stereocenters. The largest absolute Gasteiger partial charge is 0.497 e. The molecule has 1 aliphatic heterocycles. The van der Waals surface area contributed by atoms with Gasteiger partial charge in [0, 0.05) is 0 Å². The van der Waals surface area contributed by atoms with Gasteiger partial charge >= 0.3 is 6.03 Å². The Kier molecular flexibility index (Phi) is 6.20. The third-order valence-electron chi connectivity index (χ3n) is 4.30. The molecule has 0 atom stereocenters. The van der Waals surface area contributed by atoms with Gasteiger partial charge in [0.05, 0.1) is 19.9 Å². The molecule has 0 bridgehead atoms. The summed E-state index contributed by atoms with van der Waals surface area (Å²) in [5, 5.41) is 2.15. The molecule has 5 amide bonds. The topological polar surface area (TPSA) is 137 Å². The molecule has 1 aliphatic rings. The summed E-state index contributed by atoms with van der Waals surface area (Å²) >= 11 is 0. The fraction of sp³-hybridized carbons (Fsp3) is 0.143. The molecule has 0 aliphatic carbocycles. The lowest BCUT2D eigenvalue weighted by atomic mass is 10.1. The molecule has 1 heterocycles. The fourth-order valence-electron chi connectivity index (χ4n) is 2.83. The summed E-state index contributed by atoms with van der Waals surface area (Å²) in [5.74, 6) is -1.19. The molecule has 10 heteroatoms. The van der Waals surface area contributed by atoms with E-state index in [9.17, 15) is 19.2 Å². The van der Waals surface area contributed by atoms with E-state index in [1.54, 1.807) is 18.2 Å². The molecule has 160 valence electrons. The Labute approximate surface area is 177 Å². The highest BCUT2D eigenvalue weighted by Gasteiger charge is 2.36. The van der Waals surface area contributed by atoms with Crippen LogP contribution in [0.4, 0.5) is 10.5 Å². The molecule has 31 heavy (non-hydrogen) atoms. The number of nitrogens with one attached hydrogen (secondary N) is 1. The maximum Gasteiger partial charge on any atom is 0.335 e. The number of carbonyl (C=O) groups excluding carboxylic acids is 4. The molecule has 10 nitrogen and oxygen atoms in total. The molecule has 0 radical (unpaired) electrons. The normalized spacial score (nSPS) is 15.0. The number of nitrogens with two attached hydrogens (primary N) is 1. The number of urea groups is 1. The Morgan fingerprint density at radius 3 is 2.35 bits per heavy atom. The molecule has 0 spiro atoms. The quantitative estimate of drug-likeness (QED) is 0.503. The number of ether oxygens (including phenoxy) is 3. The van der Waals surface area contributed by atoms with Crippen molar-refractivity contribution in [2.75, 3.05) is 25.7 Å². The van der Waals surface area contributed by atoms with Crippen LogP contribution in [0.5, 0.6) is 17.2 Å². The highest BCUT2D eigenvalue weighted by atomic mass is 16.5. The first-order chi connectivity index (χ1) is 14.8. The maximum atomic E-state index is 12.9. The summed E-state index contributed by atoms with van der Waals surface area (Å²) in [4.78, 5) is 49.3. The number of rotatable bonds is 7. The van der Waals surface area contributed by atoms with Crippen LogP contribution < -0.4 is 30.2 Å². The Morgan fingerprint density at radius 1 is 1.03 bits per heavy atom. The van der Waals surface area contributed by atoms with Crippen molar-refractivity contribution in [2.24, 2.45) is 5.73 Å². The van der Waals surface area contributed by atoms with Crippen molar-refractivity contribution in [2.45, 2.75) is 0 Å². The van der Waals surface area contributed by atoms with Gasteiger partial charge in [-0.2, -0.15) is 0 Å². The fourth-order valence-corrected chi connectivity index (χ4v) is 2.83. The van der Waals surface area contributed by atoms with E-state index in [1.807, 2.05) is 0 Å². The van der Waals surface area contributed by atoms with Gasteiger partial charge in [-0.25, -0.2) is 9.69 Å². The Hall–Kier alpha value is -4.34. The van der Waals surface area contributed by atoms with Gasteiger partial charge in [-0.1, -0.05) is 6.07 Å². The van der Waals surface area contributed by atoms with Gasteiger partial charge in [0.25, 0.3) is 17.7 Å². The highest BCUT2D eigenvalue weighted by Crippen LogP contribution is 2.30. The minimum atomic E-state index is -0.856. The SMILES string of the molecule is COc1ccc(N2C(=O)NC(=O)/C(=C\c3ccc(OCC(N)=O)c(OC)c3)C2=O)cc1. The Morgan fingerprint density at radius 2 is 1.74 bits per heavy atom. The second-order valence-electron chi connectivity index (χ2n) is 6.32. The zero-order chi connectivity index (χ0) is 22.5. The number of hydrogen-bond donors (Lipinski definition) is 2. The average molecular weight is 425 g/mol. The van der Waals surface area contributed by atoms with Crippen LogP contribution in [0.2, 0.25) is 0 Å². The minimum absolute atomic E-state index is 0.247. The number of benzene rings is 2. The summed E-state index contributed by atoms with van der Waals surface area (Å²) in [6, 6.07) is 9.95. The summed E-state index contributed by atoms with van der Waals surface area (Å²) in [6.45, 7) is -0.337. The predicted molar refractivity (Wildman–Crippen MR) is 110 cm³/mol. The number of primary amides is 1. The molecule has 1 fully saturated rings. The van der Waals surface area contributed by atoms with E-state index in [4.69, 9.17) is 19.9 Å². The third-order valence-corrected chi connectivity index (χ3v) is 4.30. The van der Waals surface area contributed by atoms with Crippen molar-refractivity contribution >= 4 is 35.5 Å². The van der Waals surface area contributed by atoms with E-state index in [0.29, 0.717) is 11.3 Å². The second kappa shape index (κ2) is 8.99. The highest BCUT2D eigenvalue weighted by molar-refractivity contribution is 6.39. The van der Waals surface area contributed by atoms with E-state index >= 15 is 0 Å². The summed E-state index contributed by atoms with van der Waals surface area (Å²) < 4.78 is 15.5. The number of carbonyl (C=O) groups is 4. The number of anilines is 1. The van der Waals surface area contributed by atoms with Crippen LogP contribution in [0.3, 0.4) is 0 Å². The number of hydrogen-bond acceptors (Lipinski definition) is 7. The first-order valence-corrected chi connectivity index (χ1v) is 8.98. The zero-order valence-corrected chi connectivity index (χ0v) is 16.7. The lowest BCUT2D eigenvalue weighted by molar-refractivity contribution is -0.123. The van der Waals surface area contributed by atoms with Gasteiger partial charge in [-0.15, -0.1) is 0 Å². The standard InChI is InChI=1S/C21H19N3O7/c1-29-14-6-4-13(5-7-14)24-20(27)15(19(26)23-21(24)28)9-12-3-8-16(17(10-12)30-2)31-11-18(22)25/h3-10H,11H2,1-2H3,(H2,22,25)(H,23,26,28)/b15-9+. The number of barbiturate groups is 1. The smallest absolute Gasteiger partial charge is 0.335 e. The molecule has 2 aromatic rings. The van der Waals surface area contributed by atoms with Crippen molar-refractivity contribution in [3.63, 3.8) is 0 Å².